The van der Waals surface area contributed by atoms with Crippen LogP contribution in [-0.4, -0.2) is 66.5 Å². The van der Waals surface area contributed by atoms with Gasteiger partial charge in [0, 0.05) is 19.3 Å². The number of esters is 3. The van der Waals surface area contributed by atoms with Crippen molar-refractivity contribution in [3.8, 4) is 0 Å². The Balaban J connectivity index is 4.73. The molecule has 0 aliphatic heterocycles. The molecule has 0 radical (unpaired) electrons. The van der Waals surface area contributed by atoms with Crippen molar-refractivity contribution in [2.24, 2.45) is 0 Å². The predicted molar refractivity (Wildman–Crippen MR) is 316 cm³/mol. The monoisotopic (exact) mass is 1090 g/mol. The third-order valence-corrected chi connectivity index (χ3v) is 14.4. The molecule has 0 spiro atoms. The average Bonchev–Trinajstić information content (AvgIpc) is 3.41. The zero-order chi connectivity index (χ0) is 55.5. The molecule has 76 heavy (non-hydrogen) atoms. The summed E-state index contributed by atoms with van der Waals surface area (Å²) in [5.41, 5.74) is 0. The quantitative estimate of drug-likeness (QED) is 0.0197. The van der Waals surface area contributed by atoms with Crippen LogP contribution in [-0.2, 0) is 42.2 Å². The molecule has 0 aliphatic carbocycles. The van der Waals surface area contributed by atoms with Gasteiger partial charge in [0.1, 0.15) is 12.7 Å². The summed E-state index contributed by atoms with van der Waals surface area (Å²) in [6, 6.07) is 0. The van der Waals surface area contributed by atoms with E-state index in [1.165, 1.54) is 148 Å². The maximum Gasteiger partial charge on any atom is 0.472 e. The number of hydrogen-bond donors (Lipinski definition) is 2. The van der Waals surface area contributed by atoms with Gasteiger partial charge in [-0.1, -0.05) is 248 Å². The zero-order valence-corrected chi connectivity index (χ0v) is 49.9. The molecule has 0 saturated carbocycles. The van der Waals surface area contributed by atoms with Crippen molar-refractivity contribution >= 4 is 25.7 Å². The van der Waals surface area contributed by atoms with Crippen molar-refractivity contribution in [2.75, 3.05) is 26.4 Å². The summed E-state index contributed by atoms with van der Waals surface area (Å²) >= 11 is 0. The van der Waals surface area contributed by atoms with Crippen LogP contribution >= 0.6 is 7.82 Å². The summed E-state index contributed by atoms with van der Waals surface area (Å²) in [5.74, 6) is -1.50. The molecule has 0 amide bonds. The van der Waals surface area contributed by atoms with Gasteiger partial charge >= 0.3 is 25.7 Å². The molecule has 0 fully saturated rings. The molecule has 0 aliphatic rings. The van der Waals surface area contributed by atoms with Gasteiger partial charge in [-0.15, -0.1) is 0 Å². The van der Waals surface area contributed by atoms with Crippen LogP contribution in [0.25, 0.3) is 0 Å². The lowest BCUT2D eigenvalue weighted by Crippen LogP contribution is -2.30. The fourth-order valence-corrected chi connectivity index (χ4v) is 9.48. The predicted octanol–water partition coefficient (Wildman–Crippen LogP) is 18.7. The Morgan fingerprint density at radius 1 is 0.382 bits per heavy atom. The van der Waals surface area contributed by atoms with Crippen LogP contribution in [0.15, 0.2) is 60.8 Å². The molecule has 0 aromatic rings. The number of carbonyl (C=O) groups is 3. The van der Waals surface area contributed by atoms with Crippen molar-refractivity contribution in [3.05, 3.63) is 60.8 Å². The van der Waals surface area contributed by atoms with E-state index >= 15 is 0 Å². The van der Waals surface area contributed by atoms with Gasteiger partial charge in [0.2, 0.25) is 0 Å². The van der Waals surface area contributed by atoms with Crippen LogP contribution in [0.3, 0.4) is 0 Å². The molecular weight excluding hydrogens is 976 g/mol. The van der Waals surface area contributed by atoms with Crippen LogP contribution < -0.4 is 0 Å². The van der Waals surface area contributed by atoms with E-state index in [2.05, 4.69) is 81.5 Å². The molecule has 0 aromatic heterocycles. The molecule has 11 nitrogen and oxygen atoms in total. The molecule has 2 N–H and O–H groups in total. The number of phosphoric acid groups is 1. The normalized spacial score (nSPS) is 13.7. The Labute approximate surface area is 465 Å². The minimum atomic E-state index is -4.76. The van der Waals surface area contributed by atoms with Gasteiger partial charge < -0.3 is 24.2 Å². The van der Waals surface area contributed by atoms with Crippen molar-refractivity contribution in [3.63, 3.8) is 0 Å². The molecule has 12 heteroatoms. The number of ether oxygens (including phenoxy) is 3. The van der Waals surface area contributed by atoms with Crippen LogP contribution in [0.2, 0.25) is 0 Å². The average molecular weight is 1090 g/mol. The lowest BCUT2D eigenvalue weighted by atomic mass is 10.0. The molecule has 0 aromatic carbocycles. The molecule has 0 bridgehead atoms. The van der Waals surface area contributed by atoms with Gasteiger partial charge in [0.15, 0.2) is 6.10 Å². The minimum Gasteiger partial charge on any atom is -0.462 e. The molecule has 0 saturated heterocycles. The van der Waals surface area contributed by atoms with Gasteiger partial charge in [0.25, 0.3) is 0 Å². The molecular formula is C64H115O11P. The van der Waals surface area contributed by atoms with E-state index in [4.69, 9.17) is 23.3 Å². The first-order valence-corrected chi connectivity index (χ1v) is 32.7. The van der Waals surface area contributed by atoms with E-state index in [-0.39, 0.29) is 25.9 Å². The Morgan fingerprint density at radius 2 is 0.684 bits per heavy atom. The number of hydrogen-bond acceptors (Lipinski definition) is 10. The largest absolute Gasteiger partial charge is 0.472 e. The van der Waals surface area contributed by atoms with Crippen LogP contribution in [0.5, 0.6) is 0 Å². The highest BCUT2D eigenvalue weighted by molar-refractivity contribution is 7.47. The van der Waals surface area contributed by atoms with E-state index in [1.54, 1.807) is 0 Å². The van der Waals surface area contributed by atoms with Gasteiger partial charge in [-0.25, -0.2) is 4.57 Å². The molecule has 3 atom stereocenters. The lowest BCUT2D eigenvalue weighted by Gasteiger charge is -2.21. The Morgan fingerprint density at radius 3 is 1.09 bits per heavy atom. The highest BCUT2D eigenvalue weighted by atomic mass is 31.2. The maximum absolute atomic E-state index is 12.9. The summed E-state index contributed by atoms with van der Waals surface area (Å²) in [5, 5.41) is 9.82. The van der Waals surface area contributed by atoms with Gasteiger partial charge in [-0.3, -0.25) is 23.4 Å². The standard InChI is InChI=1S/C64H115O11P/c1-4-7-10-13-16-19-22-25-28-30-33-35-38-41-44-47-50-53-62(66)71-57-61(75-64(68)55-52-49-46-43-40-37-34-31-29-26-23-20-17-14-11-8-5-2)59-73-76(69,70)72-58-60(56-65)74-63(67)54-51-48-45-42-39-36-32-27-24-21-18-15-12-9-6-3/h9,12,18,21,25,27-28,32,39,42,60-61,65H,4-8,10-11,13-17,19-20,22-24,26,29-31,33-38,40-41,43-59H2,1-3H3,(H,69,70)/b12-9-,21-18-,28-25-,32-27-,42-39-. The molecule has 3 unspecified atom stereocenters. The first kappa shape index (κ1) is 73.2. The number of phosphoric ester groups is 1. The van der Waals surface area contributed by atoms with E-state index in [9.17, 15) is 28.9 Å². The summed E-state index contributed by atoms with van der Waals surface area (Å²) in [4.78, 5) is 48.7. The third kappa shape index (κ3) is 55.9. The number of aliphatic hydroxyl groups excluding tert-OH is 1. The summed E-state index contributed by atoms with van der Waals surface area (Å²) < 4.78 is 39.6. The highest BCUT2D eigenvalue weighted by Gasteiger charge is 2.28. The minimum absolute atomic E-state index is 0.125. The van der Waals surface area contributed by atoms with E-state index < -0.39 is 57.8 Å². The topological polar surface area (TPSA) is 155 Å². The molecule has 442 valence electrons. The lowest BCUT2D eigenvalue weighted by molar-refractivity contribution is -0.161. The second-order valence-corrected chi connectivity index (χ2v) is 22.3. The van der Waals surface area contributed by atoms with Gasteiger partial charge in [0.05, 0.1) is 19.8 Å². The third-order valence-electron chi connectivity index (χ3n) is 13.4. The number of allylic oxidation sites excluding steroid dienone is 10. The summed E-state index contributed by atoms with van der Waals surface area (Å²) in [6.45, 7) is 4.52. The number of rotatable bonds is 58. The van der Waals surface area contributed by atoms with Gasteiger partial charge in [-0.05, 0) is 83.5 Å². The highest BCUT2D eigenvalue weighted by Crippen LogP contribution is 2.43. The van der Waals surface area contributed by atoms with Crippen molar-refractivity contribution < 1.29 is 52.2 Å². The first-order valence-electron chi connectivity index (χ1n) is 31.2. The molecule has 0 rings (SSSR count). The number of aliphatic hydroxyl groups is 1. The number of unbranched alkanes of at least 4 members (excludes halogenated alkanes) is 31. The maximum atomic E-state index is 12.9. The fourth-order valence-electron chi connectivity index (χ4n) is 8.70. The van der Waals surface area contributed by atoms with Crippen LogP contribution in [0, 0.1) is 0 Å². The van der Waals surface area contributed by atoms with Crippen molar-refractivity contribution in [2.45, 2.75) is 303 Å². The Bertz CT molecular complexity index is 1510. The second kappa shape index (κ2) is 58.3. The van der Waals surface area contributed by atoms with E-state index in [1.807, 2.05) is 0 Å². The fraction of sp³-hybridized carbons (Fsp3) is 0.797. The van der Waals surface area contributed by atoms with Crippen molar-refractivity contribution in [1.29, 1.82) is 0 Å². The number of carbonyl (C=O) groups excluding carboxylic acids is 3. The Kier molecular flexibility index (Phi) is 56.2. The molecule has 0 heterocycles. The second-order valence-electron chi connectivity index (χ2n) is 20.8. The van der Waals surface area contributed by atoms with Crippen molar-refractivity contribution in [1.82, 2.24) is 0 Å². The van der Waals surface area contributed by atoms with Crippen LogP contribution in [0.4, 0.5) is 0 Å². The van der Waals surface area contributed by atoms with E-state index in [0.717, 1.165) is 83.5 Å². The Hall–Kier alpha value is -2.82. The summed E-state index contributed by atoms with van der Waals surface area (Å²) in [7, 11) is -4.76. The van der Waals surface area contributed by atoms with Crippen LogP contribution in [0.1, 0.15) is 290 Å². The first-order chi connectivity index (χ1) is 37.2. The van der Waals surface area contributed by atoms with Gasteiger partial charge in [-0.2, -0.15) is 0 Å². The van der Waals surface area contributed by atoms with E-state index in [0.29, 0.717) is 19.3 Å². The summed E-state index contributed by atoms with van der Waals surface area (Å²) in [6.07, 6.45) is 64.6. The SMILES string of the molecule is CC/C=C\C/C=C\C/C=C\C/C=C\CCCCC(=O)OC(CO)COP(=O)(O)OCC(COC(=O)CCCCCCCCC/C=C\CCCCCCCC)OC(=O)CCCCCCCCCCCCCCCCCCC. The smallest absolute Gasteiger partial charge is 0.462 e. The zero-order valence-electron chi connectivity index (χ0n) is 49.0.